The molecule has 114 valence electrons. The minimum Gasteiger partial charge on any atom is -0.390 e. The van der Waals surface area contributed by atoms with Crippen molar-refractivity contribution in [1.29, 1.82) is 0 Å². The van der Waals surface area contributed by atoms with Gasteiger partial charge < -0.3 is 10.2 Å². The van der Waals surface area contributed by atoms with Gasteiger partial charge in [0.25, 0.3) is 0 Å². The second kappa shape index (κ2) is 8.11. The number of hydrogen-bond acceptors (Lipinski definition) is 3. The highest BCUT2D eigenvalue weighted by Crippen LogP contribution is 2.23. The topological polar surface area (TPSA) is 57.5 Å². The van der Waals surface area contributed by atoms with E-state index in [0.717, 1.165) is 32.1 Å². The van der Waals surface area contributed by atoms with Crippen LogP contribution >= 0.6 is 0 Å². The minimum atomic E-state index is -1.27. The summed E-state index contributed by atoms with van der Waals surface area (Å²) in [5, 5.41) is 19.6. The standard InChI is InChI=1S/C18H24O3/c19-16-9-5-4-8-15(12-13-17(20)18(16)21)11-10-14-6-2-1-3-7-14/h1-3,5-7,9,15,17-18,20-21H,4,8,10-13H2/b9-5-. The van der Waals surface area contributed by atoms with Gasteiger partial charge in [-0.15, -0.1) is 0 Å². The van der Waals surface area contributed by atoms with Gasteiger partial charge in [-0.2, -0.15) is 0 Å². The lowest BCUT2D eigenvalue weighted by atomic mass is 9.88. The van der Waals surface area contributed by atoms with Crippen molar-refractivity contribution in [3.05, 3.63) is 48.0 Å². The quantitative estimate of drug-likeness (QED) is 0.899. The summed E-state index contributed by atoms with van der Waals surface area (Å²) in [6.07, 6.45) is 6.35. The third-order valence-corrected chi connectivity index (χ3v) is 4.23. The SMILES string of the molecule is O=C1/C=C\CCC(CCc2ccccc2)CCC(O)C1O. The van der Waals surface area contributed by atoms with Crippen LogP contribution in [0.3, 0.4) is 0 Å². The van der Waals surface area contributed by atoms with Crippen molar-refractivity contribution in [1.82, 2.24) is 0 Å². The predicted molar refractivity (Wildman–Crippen MR) is 82.9 cm³/mol. The maximum absolute atomic E-state index is 11.5. The first-order valence-electron chi connectivity index (χ1n) is 7.77. The van der Waals surface area contributed by atoms with Crippen molar-refractivity contribution in [2.75, 3.05) is 0 Å². The Hall–Kier alpha value is -1.45. The third-order valence-electron chi connectivity index (χ3n) is 4.23. The first-order valence-corrected chi connectivity index (χ1v) is 7.77. The molecular formula is C18H24O3. The molecule has 1 aliphatic carbocycles. The summed E-state index contributed by atoms with van der Waals surface area (Å²) in [6.45, 7) is 0. The highest BCUT2D eigenvalue weighted by Gasteiger charge is 2.24. The molecule has 0 aromatic heterocycles. The third kappa shape index (κ3) is 5.10. The predicted octanol–water partition coefficient (Wildman–Crippen LogP) is 2.66. The molecular weight excluding hydrogens is 264 g/mol. The van der Waals surface area contributed by atoms with Gasteiger partial charge >= 0.3 is 0 Å². The van der Waals surface area contributed by atoms with Crippen molar-refractivity contribution in [3.63, 3.8) is 0 Å². The van der Waals surface area contributed by atoms with Gasteiger partial charge in [0.15, 0.2) is 5.78 Å². The van der Waals surface area contributed by atoms with Gasteiger partial charge in [0.1, 0.15) is 6.10 Å². The van der Waals surface area contributed by atoms with Gasteiger partial charge in [-0.05, 0) is 56.1 Å². The van der Waals surface area contributed by atoms with E-state index in [-0.39, 0.29) is 5.78 Å². The Kier molecular flexibility index (Phi) is 6.15. The van der Waals surface area contributed by atoms with E-state index in [9.17, 15) is 15.0 Å². The molecule has 0 heterocycles. The molecule has 3 unspecified atom stereocenters. The first-order chi connectivity index (χ1) is 10.2. The lowest BCUT2D eigenvalue weighted by molar-refractivity contribution is -0.128. The summed E-state index contributed by atoms with van der Waals surface area (Å²) in [5.74, 6) is 0.134. The van der Waals surface area contributed by atoms with Crippen molar-refractivity contribution in [3.8, 4) is 0 Å². The minimum absolute atomic E-state index is 0.384. The van der Waals surface area contributed by atoms with E-state index in [2.05, 4.69) is 24.3 Å². The van der Waals surface area contributed by atoms with Crippen molar-refractivity contribution < 1.29 is 15.0 Å². The lowest BCUT2D eigenvalue weighted by Crippen LogP contribution is -2.33. The second-order valence-electron chi connectivity index (χ2n) is 5.86. The van der Waals surface area contributed by atoms with Crippen LogP contribution in [0.1, 0.15) is 37.7 Å². The maximum Gasteiger partial charge on any atom is 0.186 e. The highest BCUT2D eigenvalue weighted by atomic mass is 16.3. The Balaban J connectivity index is 1.91. The van der Waals surface area contributed by atoms with Crippen LogP contribution < -0.4 is 0 Å². The summed E-state index contributed by atoms with van der Waals surface area (Å²) in [7, 11) is 0. The van der Waals surface area contributed by atoms with Crippen molar-refractivity contribution in [2.45, 2.75) is 50.7 Å². The molecule has 0 amide bonds. The fourth-order valence-electron chi connectivity index (χ4n) is 2.83. The van der Waals surface area contributed by atoms with Crippen LogP contribution in [0.25, 0.3) is 0 Å². The van der Waals surface area contributed by atoms with Gasteiger partial charge in [0.05, 0.1) is 6.10 Å². The van der Waals surface area contributed by atoms with Gasteiger partial charge in [-0.1, -0.05) is 36.4 Å². The number of hydrogen-bond donors (Lipinski definition) is 2. The molecule has 1 aromatic carbocycles. The van der Waals surface area contributed by atoms with Crippen molar-refractivity contribution in [2.24, 2.45) is 5.92 Å². The number of ketones is 1. The van der Waals surface area contributed by atoms with Crippen molar-refractivity contribution >= 4 is 5.78 Å². The Morgan fingerprint density at radius 1 is 1.05 bits per heavy atom. The molecule has 0 saturated heterocycles. The van der Waals surface area contributed by atoms with E-state index >= 15 is 0 Å². The molecule has 3 atom stereocenters. The second-order valence-corrected chi connectivity index (χ2v) is 5.86. The van der Waals surface area contributed by atoms with Gasteiger partial charge in [-0.25, -0.2) is 0 Å². The highest BCUT2D eigenvalue weighted by molar-refractivity contribution is 5.93. The van der Waals surface area contributed by atoms with Crippen LogP contribution in [0.4, 0.5) is 0 Å². The van der Waals surface area contributed by atoms with Gasteiger partial charge in [0, 0.05) is 0 Å². The van der Waals surface area contributed by atoms with Gasteiger partial charge in [0.2, 0.25) is 0 Å². The number of benzene rings is 1. The molecule has 1 aromatic rings. The molecule has 2 N–H and O–H groups in total. The summed E-state index contributed by atoms with van der Waals surface area (Å²) in [6, 6.07) is 10.4. The number of carbonyl (C=O) groups excluding carboxylic acids is 1. The number of rotatable bonds is 3. The zero-order chi connectivity index (χ0) is 15.1. The first kappa shape index (κ1) is 15.9. The van der Waals surface area contributed by atoms with Crippen LogP contribution in [0.15, 0.2) is 42.5 Å². The molecule has 0 aliphatic heterocycles. The number of aliphatic hydroxyl groups excluding tert-OH is 2. The average molecular weight is 288 g/mol. The van der Waals surface area contributed by atoms with E-state index in [0.29, 0.717) is 12.3 Å². The summed E-state index contributed by atoms with van der Waals surface area (Å²) in [5.41, 5.74) is 1.33. The Morgan fingerprint density at radius 2 is 1.81 bits per heavy atom. The fraction of sp³-hybridized carbons (Fsp3) is 0.500. The molecule has 0 spiro atoms. The number of carbonyl (C=O) groups is 1. The molecule has 3 nitrogen and oxygen atoms in total. The van der Waals surface area contributed by atoms with Crippen LogP contribution in [-0.2, 0) is 11.2 Å². The lowest BCUT2D eigenvalue weighted by Gasteiger charge is -2.21. The molecule has 0 radical (unpaired) electrons. The Labute approximate surface area is 126 Å². The normalized spacial score (nSPS) is 29.0. The molecule has 1 aliphatic rings. The van der Waals surface area contributed by atoms with Gasteiger partial charge in [-0.3, -0.25) is 4.79 Å². The average Bonchev–Trinajstić information content (AvgIpc) is 2.52. The van der Waals surface area contributed by atoms with E-state index < -0.39 is 12.2 Å². The maximum atomic E-state index is 11.5. The number of aryl methyl sites for hydroxylation is 1. The molecule has 0 saturated carbocycles. The summed E-state index contributed by atoms with van der Waals surface area (Å²) < 4.78 is 0. The summed E-state index contributed by atoms with van der Waals surface area (Å²) >= 11 is 0. The largest absolute Gasteiger partial charge is 0.390 e. The smallest absolute Gasteiger partial charge is 0.186 e. The van der Waals surface area contributed by atoms with E-state index in [1.165, 1.54) is 11.6 Å². The van der Waals surface area contributed by atoms with E-state index in [1.807, 2.05) is 12.1 Å². The van der Waals surface area contributed by atoms with Crippen LogP contribution in [-0.4, -0.2) is 28.2 Å². The molecule has 2 rings (SSSR count). The zero-order valence-corrected chi connectivity index (χ0v) is 12.3. The Bertz CT molecular complexity index is 467. The molecule has 21 heavy (non-hydrogen) atoms. The molecule has 0 bridgehead atoms. The monoisotopic (exact) mass is 288 g/mol. The number of allylic oxidation sites excluding steroid dienone is 1. The summed E-state index contributed by atoms with van der Waals surface area (Å²) in [4.78, 5) is 11.5. The van der Waals surface area contributed by atoms with Crippen LogP contribution in [0.2, 0.25) is 0 Å². The molecule has 0 fully saturated rings. The number of aliphatic hydroxyl groups is 2. The molecule has 3 heteroatoms. The van der Waals surface area contributed by atoms with E-state index in [4.69, 9.17) is 0 Å². The fourth-order valence-corrected chi connectivity index (χ4v) is 2.83. The van der Waals surface area contributed by atoms with Crippen LogP contribution in [0.5, 0.6) is 0 Å². The van der Waals surface area contributed by atoms with Crippen LogP contribution in [0, 0.1) is 5.92 Å². The zero-order valence-electron chi connectivity index (χ0n) is 12.3. The Morgan fingerprint density at radius 3 is 2.57 bits per heavy atom. The van der Waals surface area contributed by atoms with E-state index in [1.54, 1.807) is 0 Å².